The normalized spacial score (nSPS) is 20.7. The molecule has 1 unspecified atom stereocenters. The van der Waals surface area contributed by atoms with Gasteiger partial charge in [-0.3, -0.25) is 4.79 Å². The molecule has 23 heavy (non-hydrogen) atoms. The molecule has 0 radical (unpaired) electrons. The van der Waals surface area contributed by atoms with Gasteiger partial charge in [-0.1, -0.05) is 17.7 Å². The Kier molecular flexibility index (Phi) is 4.53. The fraction of sp³-hybridized carbons (Fsp3) is 0.421. The lowest BCUT2D eigenvalue weighted by molar-refractivity contribution is -0.910. The molecule has 0 bridgehead atoms. The Labute approximate surface area is 138 Å². The Balaban J connectivity index is 1.66. The monoisotopic (exact) mass is 312 g/mol. The summed E-state index contributed by atoms with van der Waals surface area (Å²) in [5, 5.41) is 3.08. The second-order valence-corrected chi connectivity index (χ2v) is 6.69. The van der Waals surface area contributed by atoms with Crippen molar-refractivity contribution in [2.24, 2.45) is 7.05 Å². The molecule has 4 heteroatoms. The first-order valence-electron chi connectivity index (χ1n) is 8.37. The molecule has 1 aliphatic heterocycles. The lowest BCUT2D eigenvalue weighted by Gasteiger charge is -2.22. The molecule has 1 amide bonds. The zero-order valence-corrected chi connectivity index (χ0v) is 14.2. The highest BCUT2D eigenvalue weighted by Crippen LogP contribution is 2.19. The average Bonchev–Trinajstić information content (AvgIpc) is 3.10. The zero-order valence-electron chi connectivity index (χ0n) is 14.2. The molecule has 0 aliphatic carbocycles. The maximum atomic E-state index is 12.5. The molecule has 0 saturated carbocycles. The Morgan fingerprint density at radius 2 is 2.17 bits per heavy atom. The van der Waals surface area contributed by atoms with Gasteiger partial charge in [0.1, 0.15) is 6.04 Å². The molecule has 3 rings (SSSR count). The van der Waals surface area contributed by atoms with Gasteiger partial charge in [-0.15, -0.1) is 0 Å². The number of amides is 1. The zero-order chi connectivity index (χ0) is 16.4. The van der Waals surface area contributed by atoms with E-state index in [-0.39, 0.29) is 5.91 Å². The number of aryl methyl sites for hydroxylation is 3. The molecule has 1 saturated heterocycles. The van der Waals surface area contributed by atoms with E-state index in [0.29, 0.717) is 12.6 Å². The minimum atomic E-state index is 0.105. The summed E-state index contributed by atoms with van der Waals surface area (Å²) in [6, 6.07) is 10.8. The number of likely N-dealkylation sites (tertiary alicyclic amines) is 1. The summed E-state index contributed by atoms with van der Waals surface area (Å²) in [5.74, 6) is 0.105. The van der Waals surface area contributed by atoms with Gasteiger partial charge in [0.25, 0.3) is 5.91 Å². The predicted molar refractivity (Wildman–Crippen MR) is 92.6 cm³/mol. The van der Waals surface area contributed by atoms with Gasteiger partial charge in [0.05, 0.1) is 12.2 Å². The highest BCUT2D eigenvalue weighted by molar-refractivity contribution is 5.92. The lowest BCUT2D eigenvalue weighted by Crippen LogP contribution is -3.11. The third kappa shape index (κ3) is 3.48. The number of quaternary nitrogens is 1. The average molecular weight is 312 g/mol. The van der Waals surface area contributed by atoms with Gasteiger partial charge >= 0.3 is 0 Å². The van der Waals surface area contributed by atoms with Crippen LogP contribution in [0.5, 0.6) is 0 Å². The van der Waals surface area contributed by atoms with E-state index in [1.165, 1.54) is 22.6 Å². The number of hydrogen-bond donors (Lipinski definition) is 2. The van der Waals surface area contributed by atoms with E-state index in [0.717, 1.165) is 24.2 Å². The number of aromatic nitrogens is 1. The van der Waals surface area contributed by atoms with E-state index in [4.69, 9.17) is 0 Å². The lowest BCUT2D eigenvalue weighted by atomic mass is 10.1. The van der Waals surface area contributed by atoms with Crippen molar-refractivity contribution < 1.29 is 9.69 Å². The molecule has 1 aromatic heterocycles. The fourth-order valence-corrected chi connectivity index (χ4v) is 3.67. The van der Waals surface area contributed by atoms with E-state index in [1.54, 1.807) is 0 Å². The molecule has 2 heterocycles. The number of nitrogens with one attached hydrogen (secondary N) is 2. The smallest absolute Gasteiger partial charge is 0.279 e. The van der Waals surface area contributed by atoms with Crippen LogP contribution in [0.3, 0.4) is 0 Å². The summed E-state index contributed by atoms with van der Waals surface area (Å²) in [6.07, 6.45) is 4.42. The number of rotatable bonds is 4. The van der Waals surface area contributed by atoms with Gasteiger partial charge in [-0.2, -0.15) is 0 Å². The molecule has 2 N–H and O–H groups in total. The quantitative estimate of drug-likeness (QED) is 0.890. The van der Waals surface area contributed by atoms with Crippen LogP contribution >= 0.6 is 0 Å². The van der Waals surface area contributed by atoms with Gasteiger partial charge in [-0.25, -0.2) is 0 Å². The van der Waals surface area contributed by atoms with Crippen molar-refractivity contribution in [3.63, 3.8) is 0 Å². The van der Waals surface area contributed by atoms with Crippen molar-refractivity contribution in [2.45, 2.75) is 32.7 Å². The Morgan fingerprint density at radius 1 is 1.35 bits per heavy atom. The van der Waals surface area contributed by atoms with Crippen LogP contribution in [0.1, 0.15) is 35.7 Å². The van der Waals surface area contributed by atoms with Crippen molar-refractivity contribution in [1.29, 1.82) is 0 Å². The molecular formula is C19H26N3O+. The Hall–Kier alpha value is -2.07. The number of carbonyl (C=O) groups excluding carboxylic acids is 1. The van der Waals surface area contributed by atoms with E-state index in [9.17, 15) is 4.79 Å². The molecule has 1 fully saturated rings. The van der Waals surface area contributed by atoms with Crippen LogP contribution in [0.2, 0.25) is 0 Å². The summed E-state index contributed by atoms with van der Waals surface area (Å²) in [4.78, 5) is 13.8. The first-order chi connectivity index (χ1) is 11.0. The van der Waals surface area contributed by atoms with E-state index in [2.05, 4.69) is 48.3 Å². The maximum absolute atomic E-state index is 12.5. The van der Waals surface area contributed by atoms with Gasteiger partial charge in [0, 0.05) is 31.8 Å². The van der Waals surface area contributed by atoms with Gasteiger partial charge in [0.2, 0.25) is 0 Å². The maximum Gasteiger partial charge on any atom is 0.279 e. The minimum absolute atomic E-state index is 0.105. The van der Waals surface area contributed by atoms with Crippen LogP contribution in [-0.4, -0.2) is 23.6 Å². The molecule has 4 nitrogen and oxygen atoms in total. The standard InChI is InChI=1S/C19H25N3O/c1-14-8-9-16(15(2)12-14)20-19(23)13-22-11-5-7-18(22)17-6-4-10-21(17)3/h4,6,8-10,12,18H,5,7,11,13H2,1-3H3,(H,20,23)/p+1/t18-/m1/s1. The summed E-state index contributed by atoms with van der Waals surface area (Å²) in [6.45, 7) is 5.70. The first-order valence-corrected chi connectivity index (χ1v) is 8.37. The van der Waals surface area contributed by atoms with E-state index in [1.807, 2.05) is 19.1 Å². The highest BCUT2D eigenvalue weighted by atomic mass is 16.2. The fourth-order valence-electron chi connectivity index (χ4n) is 3.67. The van der Waals surface area contributed by atoms with Gasteiger partial charge < -0.3 is 14.8 Å². The summed E-state index contributed by atoms with van der Waals surface area (Å²) in [7, 11) is 2.08. The van der Waals surface area contributed by atoms with Crippen molar-refractivity contribution in [2.75, 3.05) is 18.4 Å². The van der Waals surface area contributed by atoms with Crippen LogP contribution in [0, 0.1) is 13.8 Å². The number of carbonyl (C=O) groups is 1. The molecule has 2 atom stereocenters. The van der Waals surface area contributed by atoms with Crippen LogP contribution in [0.4, 0.5) is 5.69 Å². The van der Waals surface area contributed by atoms with Crippen LogP contribution in [0.25, 0.3) is 0 Å². The van der Waals surface area contributed by atoms with Crippen LogP contribution in [-0.2, 0) is 11.8 Å². The molecule has 1 aliphatic rings. The van der Waals surface area contributed by atoms with Crippen molar-refractivity contribution in [1.82, 2.24) is 4.57 Å². The van der Waals surface area contributed by atoms with E-state index < -0.39 is 0 Å². The number of nitrogens with zero attached hydrogens (tertiary/aromatic N) is 1. The largest absolute Gasteiger partial charge is 0.350 e. The number of benzene rings is 1. The predicted octanol–water partition coefficient (Wildman–Crippen LogP) is 2.00. The van der Waals surface area contributed by atoms with E-state index >= 15 is 0 Å². The molecule has 2 aromatic rings. The summed E-state index contributed by atoms with van der Waals surface area (Å²) in [5.41, 5.74) is 4.59. The minimum Gasteiger partial charge on any atom is -0.350 e. The van der Waals surface area contributed by atoms with Crippen LogP contribution < -0.4 is 10.2 Å². The third-order valence-electron chi connectivity index (χ3n) is 4.87. The van der Waals surface area contributed by atoms with Crippen molar-refractivity contribution >= 4 is 11.6 Å². The number of anilines is 1. The summed E-state index contributed by atoms with van der Waals surface area (Å²) < 4.78 is 2.18. The topological polar surface area (TPSA) is 38.5 Å². The van der Waals surface area contributed by atoms with Crippen LogP contribution in [0.15, 0.2) is 36.5 Å². The first kappa shape index (κ1) is 15.8. The second kappa shape index (κ2) is 6.59. The molecular weight excluding hydrogens is 286 g/mol. The van der Waals surface area contributed by atoms with Gasteiger partial charge in [0.15, 0.2) is 6.54 Å². The summed E-state index contributed by atoms with van der Waals surface area (Å²) >= 11 is 0. The highest BCUT2D eigenvalue weighted by Gasteiger charge is 2.32. The molecule has 122 valence electrons. The number of hydrogen-bond acceptors (Lipinski definition) is 1. The Bertz CT molecular complexity index is 704. The third-order valence-corrected chi connectivity index (χ3v) is 4.87. The Morgan fingerprint density at radius 3 is 2.87 bits per heavy atom. The molecule has 1 aromatic carbocycles. The van der Waals surface area contributed by atoms with Crippen molar-refractivity contribution in [3.8, 4) is 0 Å². The van der Waals surface area contributed by atoms with Gasteiger partial charge in [-0.05, 0) is 37.6 Å². The van der Waals surface area contributed by atoms with Crippen molar-refractivity contribution in [3.05, 3.63) is 53.3 Å². The SMILES string of the molecule is Cc1ccc(NC(=O)C[NH+]2CCC[C@@H]2c2cccn2C)c(C)c1. The second-order valence-electron chi connectivity index (χ2n) is 6.69. The molecule has 0 spiro atoms.